The summed E-state index contributed by atoms with van der Waals surface area (Å²) in [4.78, 5) is 0. The molecule has 2 aliphatic carbocycles. The van der Waals surface area contributed by atoms with Crippen molar-refractivity contribution in [3.63, 3.8) is 0 Å². The largest absolute Gasteiger partial charge is 0.392 e. The van der Waals surface area contributed by atoms with Crippen LogP contribution in [-0.4, -0.2) is 23.4 Å². The van der Waals surface area contributed by atoms with E-state index in [9.17, 15) is 5.11 Å². The average molecular weight is 268 g/mol. The maximum absolute atomic E-state index is 10.2. The first-order chi connectivity index (χ1) is 9.19. The minimum Gasteiger partial charge on any atom is -0.392 e. The predicted molar refractivity (Wildman–Crippen MR) is 79.2 cm³/mol. The zero-order chi connectivity index (χ0) is 13.7. The minimum absolute atomic E-state index is 0.0925. The molecule has 2 heteroatoms. The molecule has 0 aromatic heterocycles. The summed E-state index contributed by atoms with van der Waals surface area (Å²) < 4.78 is 6.27. The van der Waals surface area contributed by atoms with Gasteiger partial charge in [-0.3, -0.25) is 0 Å². The van der Waals surface area contributed by atoms with Crippen LogP contribution in [0.15, 0.2) is 0 Å². The van der Waals surface area contributed by atoms with E-state index < -0.39 is 0 Å². The van der Waals surface area contributed by atoms with E-state index in [1.54, 1.807) is 0 Å². The average Bonchev–Trinajstić information content (AvgIpc) is 2.44. The first-order valence-corrected chi connectivity index (χ1v) is 8.52. The molecule has 1 N–H and O–H groups in total. The molecule has 2 fully saturated rings. The van der Waals surface area contributed by atoms with Gasteiger partial charge in [0, 0.05) is 11.8 Å². The lowest BCUT2D eigenvalue weighted by Gasteiger charge is -2.56. The highest BCUT2D eigenvalue weighted by atomic mass is 16.5. The first kappa shape index (κ1) is 15.3. The molecule has 0 heterocycles. The maximum Gasteiger partial charge on any atom is 0.0684 e. The van der Waals surface area contributed by atoms with Gasteiger partial charge < -0.3 is 9.84 Å². The molecule has 1 spiro atoms. The number of aliphatic hydroxyl groups is 1. The van der Waals surface area contributed by atoms with E-state index in [4.69, 9.17) is 4.74 Å². The molecule has 0 radical (unpaired) electrons. The van der Waals surface area contributed by atoms with Crippen molar-refractivity contribution in [3.05, 3.63) is 0 Å². The van der Waals surface area contributed by atoms with Crippen molar-refractivity contribution >= 4 is 0 Å². The normalized spacial score (nSPS) is 31.1. The number of aliphatic hydroxyl groups excluding tert-OH is 1. The third kappa shape index (κ3) is 3.52. The van der Waals surface area contributed by atoms with E-state index >= 15 is 0 Å². The Bertz CT molecular complexity index is 258. The fourth-order valence-electron chi connectivity index (χ4n) is 3.99. The molecule has 3 unspecified atom stereocenters. The van der Waals surface area contributed by atoms with Gasteiger partial charge in [0.25, 0.3) is 0 Å². The van der Waals surface area contributed by atoms with Gasteiger partial charge in [0.1, 0.15) is 0 Å². The van der Waals surface area contributed by atoms with Crippen LogP contribution in [-0.2, 0) is 4.74 Å². The Morgan fingerprint density at radius 3 is 2.53 bits per heavy atom. The van der Waals surface area contributed by atoms with Gasteiger partial charge in [0.15, 0.2) is 0 Å². The Labute approximate surface area is 118 Å². The van der Waals surface area contributed by atoms with Crippen LogP contribution in [0.25, 0.3) is 0 Å². The molecule has 0 aliphatic heterocycles. The van der Waals surface area contributed by atoms with Gasteiger partial charge in [0.05, 0.1) is 18.3 Å². The Morgan fingerprint density at radius 2 is 1.89 bits per heavy atom. The van der Waals surface area contributed by atoms with Crippen molar-refractivity contribution in [1.82, 2.24) is 0 Å². The molecular weight excluding hydrogens is 236 g/mol. The second-order valence-corrected chi connectivity index (χ2v) is 6.83. The topological polar surface area (TPSA) is 29.5 Å². The van der Waals surface area contributed by atoms with Crippen molar-refractivity contribution in [2.45, 2.75) is 103 Å². The van der Waals surface area contributed by atoms with Gasteiger partial charge >= 0.3 is 0 Å². The zero-order valence-electron chi connectivity index (χ0n) is 12.9. The van der Waals surface area contributed by atoms with Gasteiger partial charge in [-0.2, -0.15) is 0 Å². The molecule has 0 amide bonds. The van der Waals surface area contributed by atoms with Crippen LogP contribution in [0.5, 0.6) is 0 Å². The van der Waals surface area contributed by atoms with E-state index in [-0.39, 0.29) is 11.5 Å². The van der Waals surface area contributed by atoms with Crippen LogP contribution in [0.4, 0.5) is 0 Å². The van der Waals surface area contributed by atoms with Crippen LogP contribution in [0.1, 0.15) is 84.5 Å². The van der Waals surface area contributed by atoms with E-state index in [1.165, 1.54) is 64.2 Å². The second-order valence-electron chi connectivity index (χ2n) is 6.83. The molecule has 0 saturated heterocycles. The monoisotopic (exact) mass is 268 g/mol. The quantitative estimate of drug-likeness (QED) is 0.691. The Kier molecular flexibility index (Phi) is 5.70. The van der Waals surface area contributed by atoms with Crippen molar-refractivity contribution in [2.75, 3.05) is 0 Å². The standard InChI is InChI=1S/C17H32O2/c1-3-4-5-7-10-14(2)19-16-13-15(18)17(16)11-8-6-9-12-17/h14-16,18H,3-13H2,1-2H3. The number of hydrogen-bond acceptors (Lipinski definition) is 2. The lowest BCUT2D eigenvalue weighted by Crippen LogP contribution is -2.59. The Balaban J connectivity index is 1.72. The number of unbranched alkanes of at least 4 members (excludes halogenated alkanes) is 3. The molecule has 0 aromatic carbocycles. The second kappa shape index (κ2) is 7.08. The molecule has 3 atom stereocenters. The molecular formula is C17H32O2. The predicted octanol–water partition coefficient (Wildman–Crippen LogP) is 4.45. The molecule has 2 aliphatic rings. The summed E-state index contributed by atoms with van der Waals surface area (Å²) >= 11 is 0. The van der Waals surface area contributed by atoms with Crippen LogP contribution >= 0.6 is 0 Å². The van der Waals surface area contributed by atoms with Crippen molar-refractivity contribution in [3.8, 4) is 0 Å². The molecule has 0 bridgehead atoms. The minimum atomic E-state index is -0.0925. The summed E-state index contributed by atoms with van der Waals surface area (Å²) in [5.74, 6) is 0. The van der Waals surface area contributed by atoms with Gasteiger partial charge in [0.2, 0.25) is 0 Å². The van der Waals surface area contributed by atoms with Crippen molar-refractivity contribution in [2.24, 2.45) is 5.41 Å². The lowest BCUT2D eigenvalue weighted by atomic mass is 9.56. The summed E-state index contributed by atoms with van der Waals surface area (Å²) in [6, 6.07) is 0. The highest BCUT2D eigenvalue weighted by Crippen LogP contribution is 2.53. The molecule has 19 heavy (non-hydrogen) atoms. The van der Waals surface area contributed by atoms with E-state index in [2.05, 4.69) is 13.8 Å². The van der Waals surface area contributed by atoms with E-state index in [0.29, 0.717) is 12.2 Å². The third-order valence-corrected chi connectivity index (χ3v) is 5.39. The number of rotatable bonds is 7. The summed E-state index contributed by atoms with van der Waals surface area (Å²) in [6.45, 7) is 4.47. The summed E-state index contributed by atoms with van der Waals surface area (Å²) in [7, 11) is 0. The van der Waals surface area contributed by atoms with Gasteiger partial charge in [-0.25, -0.2) is 0 Å². The van der Waals surface area contributed by atoms with Gasteiger partial charge in [-0.05, 0) is 26.2 Å². The summed E-state index contributed by atoms with van der Waals surface area (Å²) in [5.41, 5.74) is 0.135. The highest BCUT2D eigenvalue weighted by Gasteiger charge is 2.55. The van der Waals surface area contributed by atoms with E-state index in [1.807, 2.05) is 0 Å². The number of ether oxygens (including phenoxy) is 1. The molecule has 2 nitrogen and oxygen atoms in total. The third-order valence-electron chi connectivity index (χ3n) is 5.39. The first-order valence-electron chi connectivity index (χ1n) is 8.52. The molecule has 112 valence electrons. The fraction of sp³-hybridized carbons (Fsp3) is 1.00. The lowest BCUT2D eigenvalue weighted by molar-refractivity contribution is -0.220. The molecule has 0 aromatic rings. The van der Waals surface area contributed by atoms with Gasteiger partial charge in [-0.15, -0.1) is 0 Å². The maximum atomic E-state index is 10.2. The smallest absolute Gasteiger partial charge is 0.0684 e. The molecule has 2 saturated carbocycles. The summed E-state index contributed by atoms with van der Waals surface area (Å²) in [5, 5.41) is 10.2. The number of hydrogen-bond donors (Lipinski definition) is 1. The van der Waals surface area contributed by atoms with E-state index in [0.717, 1.165) is 6.42 Å². The van der Waals surface area contributed by atoms with Crippen LogP contribution in [0.3, 0.4) is 0 Å². The van der Waals surface area contributed by atoms with Crippen LogP contribution in [0, 0.1) is 5.41 Å². The van der Waals surface area contributed by atoms with Crippen LogP contribution < -0.4 is 0 Å². The SMILES string of the molecule is CCCCCCC(C)OC1CC(O)C12CCCCC2. The Hall–Kier alpha value is -0.0800. The highest BCUT2D eigenvalue weighted by molar-refractivity contribution is 5.05. The van der Waals surface area contributed by atoms with Crippen molar-refractivity contribution < 1.29 is 9.84 Å². The van der Waals surface area contributed by atoms with Crippen LogP contribution in [0.2, 0.25) is 0 Å². The molecule has 2 rings (SSSR count). The van der Waals surface area contributed by atoms with Gasteiger partial charge in [-0.1, -0.05) is 51.9 Å². The summed E-state index contributed by atoms with van der Waals surface area (Å²) in [6.07, 6.45) is 14.2. The zero-order valence-corrected chi connectivity index (χ0v) is 12.9. The fourth-order valence-corrected chi connectivity index (χ4v) is 3.99. The Morgan fingerprint density at radius 1 is 1.16 bits per heavy atom. The van der Waals surface area contributed by atoms with Crippen molar-refractivity contribution in [1.29, 1.82) is 0 Å².